The Balaban J connectivity index is 1.55. The first-order valence-electron chi connectivity index (χ1n) is 8.16. The lowest BCUT2D eigenvalue weighted by atomic mass is 10.2. The van der Waals surface area contributed by atoms with Gasteiger partial charge in [-0.1, -0.05) is 30.3 Å². The summed E-state index contributed by atoms with van der Waals surface area (Å²) >= 11 is 0. The Morgan fingerprint density at radius 2 is 1.84 bits per heavy atom. The number of benzene rings is 2. The van der Waals surface area contributed by atoms with E-state index in [9.17, 15) is 12.8 Å². The van der Waals surface area contributed by atoms with Gasteiger partial charge in [0.25, 0.3) is 0 Å². The molecule has 3 rings (SSSR count). The minimum atomic E-state index is -3.67. The van der Waals surface area contributed by atoms with E-state index in [-0.39, 0.29) is 17.5 Å². The summed E-state index contributed by atoms with van der Waals surface area (Å²) in [5, 5.41) is 0. The molecule has 5 nitrogen and oxygen atoms in total. The van der Waals surface area contributed by atoms with Gasteiger partial charge in [0.2, 0.25) is 10.0 Å². The van der Waals surface area contributed by atoms with E-state index in [0.717, 1.165) is 25.2 Å². The average molecular weight is 364 g/mol. The molecule has 0 bridgehead atoms. The van der Waals surface area contributed by atoms with Gasteiger partial charge in [-0.05, 0) is 29.8 Å². The highest BCUT2D eigenvalue weighted by atomic mass is 32.2. The van der Waals surface area contributed by atoms with E-state index in [0.29, 0.717) is 13.2 Å². The van der Waals surface area contributed by atoms with E-state index >= 15 is 0 Å². The zero-order chi connectivity index (χ0) is 17.7. The minimum absolute atomic E-state index is 0.0471. The SMILES string of the molecule is O=S(=O)(NCC1CN(Cc2ccccc2)CCO1)c1ccc(F)cc1. The zero-order valence-corrected chi connectivity index (χ0v) is 14.6. The van der Waals surface area contributed by atoms with Crippen molar-refractivity contribution in [2.45, 2.75) is 17.5 Å². The van der Waals surface area contributed by atoms with E-state index < -0.39 is 15.8 Å². The van der Waals surface area contributed by atoms with Crippen molar-refractivity contribution in [3.05, 3.63) is 66.0 Å². The second-order valence-electron chi connectivity index (χ2n) is 6.02. The molecule has 25 heavy (non-hydrogen) atoms. The Kier molecular flexibility index (Phi) is 5.80. The van der Waals surface area contributed by atoms with Gasteiger partial charge >= 0.3 is 0 Å². The molecule has 1 N–H and O–H groups in total. The largest absolute Gasteiger partial charge is 0.374 e. The molecule has 1 heterocycles. The quantitative estimate of drug-likeness (QED) is 0.852. The van der Waals surface area contributed by atoms with Crippen molar-refractivity contribution in [3.63, 3.8) is 0 Å². The fourth-order valence-corrected chi connectivity index (χ4v) is 3.86. The molecule has 1 fully saturated rings. The smallest absolute Gasteiger partial charge is 0.240 e. The number of sulfonamides is 1. The summed E-state index contributed by atoms with van der Waals surface area (Å²) in [5.74, 6) is -0.467. The molecule has 1 unspecified atom stereocenters. The molecule has 1 aliphatic rings. The molecule has 0 amide bonds. The number of nitrogens with zero attached hydrogens (tertiary/aromatic N) is 1. The highest BCUT2D eigenvalue weighted by Gasteiger charge is 2.23. The van der Waals surface area contributed by atoms with Gasteiger partial charge in [-0.25, -0.2) is 17.5 Å². The Morgan fingerprint density at radius 3 is 2.56 bits per heavy atom. The molecule has 0 aromatic heterocycles. The maximum absolute atomic E-state index is 12.9. The second kappa shape index (κ2) is 8.05. The summed E-state index contributed by atoms with van der Waals surface area (Å²) < 4.78 is 45.7. The Labute approximate surface area is 147 Å². The summed E-state index contributed by atoms with van der Waals surface area (Å²) in [6, 6.07) is 14.9. The van der Waals surface area contributed by atoms with Gasteiger partial charge in [-0.15, -0.1) is 0 Å². The van der Waals surface area contributed by atoms with E-state index in [1.54, 1.807) is 0 Å². The molecular formula is C18H21FN2O3S. The van der Waals surface area contributed by atoms with Crippen LogP contribution in [-0.4, -0.2) is 45.7 Å². The normalized spacial score (nSPS) is 19.0. The number of hydrogen-bond donors (Lipinski definition) is 1. The van der Waals surface area contributed by atoms with Crippen molar-refractivity contribution in [2.75, 3.05) is 26.2 Å². The first kappa shape index (κ1) is 18.0. The lowest BCUT2D eigenvalue weighted by molar-refractivity contribution is -0.0276. The maximum Gasteiger partial charge on any atom is 0.240 e. The highest BCUT2D eigenvalue weighted by molar-refractivity contribution is 7.89. The molecule has 0 spiro atoms. The van der Waals surface area contributed by atoms with Crippen molar-refractivity contribution in [2.24, 2.45) is 0 Å². The third-order valence-corrected chi connectivity index (χ3v) is 5.54. The number of ether oxygens (including phenoxy) is 1. The maximum atomic E-state index is 12.9. The monoisotopic (exact) mass is 364 g/mol. The van der Waals surface area contributed by atoms with Crippen LogP contribution in [0.15, 0.2) is 59.5 Å². The van der Waals surface area contributed by atoms with Crippen molar-refractivity contribution in [1.29, 1.82) is 0 Å². The molecule has 0 saturated carbocycles. The first-order valence-corrected chi connectivity index (χ1v) is 9.64. The van der Waals surface area contributed by atoms with E-state index in [2.05, 4.69) is 21.8 Å². The van der Waals surface area contributed by atoms with Gasteiger partial charge in [0.1, 0.15) is 5.82 Å². The molecule has 0 radical (unpaired) electrons. The van der Waals surface area contributed by atoms with Crippen molar-refractivity contribution in [1.82, 2.24) is 9.62 Å². The molecule has 134 valence electrons. The Hall–Kier alpha value is -1.80. The van der Waals surface area contributed by atoms with Crippen LogP contribution in [0, 0.1) is 5.82 Å². The number of nitrogens with one attached hydrogen (secondary N) is 1. The standard InChI is InChI=1S/C18H21FN2O3S/c19-16-6-8-18(9-7-16)25(22,23)20-12-17-14-21(10-11-24-17)13-15-4-2-1-3-5-15/h1-9,17,20H,10-14H2. The number of morpholine rings is 1. The number of halogens is 1. The van der Waals surface area contributed by atoms with Crippen LogP contribution in [-0.2, 0) is 21.3 Å². The van der Waals surface area contributed by atoms with Gasteiger partial charge in [0.05, 0.1) is 17.6 Å². The Bertz CT molecular complexity index is 782. The van der Waals surface area contributed by atoms with Crippen LogP contribution in [0.4, 0.5) is 4.39 Å². The molecule has 1 atom stereocenters. The topological polar surface area (TPSA) is 58.6 Å². The summed E-state index contributed by atoms with van der Waals surface area (Å²) in [4.78, 5) is 2.29. The summed E-state index contributed by atoms with van der Waals surface area (Å²) in [7, 11) is -3.67. The summed E-state index contributed by atoms with van der Waals surface area (Å²) in [6.45, 7) is 3.03. The predicted molar refractivity (Wildman–Crippen MR) is 93.0 cm³/mol. The molecule has 1 saturated heterocycles. The van der Waals surface area contributed by atoms with Crippen LogP contribution in [0.1, 0.15) is 5.56 Å². The molecule has 2 aromatic rings. The fraction of sp³-hybridized carbons (Fsp3) is 0.333. The van der Waals surface area contributed by atoms with Crippen molar-refractivity contribution >= 4 is 10.0 Å². The van der Waals surface area contributed by atoms with Gasteiger partial charge < -0.3 is 4.74 Å². The predicted octanol–water partition coefficient (Wildman–Crippen LogP) is 2.00. The lowest BCUT2D eigenvalue weighted by Crippen LogP contribution is -2.47. The van der Waals surface area contributed by atoms with Gasteiger partial charge in [0.15, 0.2) is 0 Å². The van der Waals surface area contributed by atoms with Crippen LogP contribution in [0.2, 0.25) is 0 Å². The van der Waals surface area contributed by atoms with Crippen LogP contribution in [0.25, 0.3) is 0 Å². The lowest BCUT2D eigenvalue weighted by Gasteiger charge is -2.33. The number of hydrogen-bond acceptors (Lipinski definition) is 4. The molecule has 2 aromatic carbocycles. The van der Waals surface area contributed by atoms with Crippen LogP contribution in [0.5, 0.6) is 0 Å². The van der Waals surface area contributed by atoms with Crippen molar-refractivity contribution < 1.29 is 17.5 Å². The van der Waals surface area contributed by atoms with Crippen LogP contribution in [0.3, 0.4) is 0 Å². The summed E-state index contributed by atoms with van der Waals surface area (Å²) in [6.07, 6.45) is -0.215. The van der Waals surface area contributed by atoms with E-state index in [1.807, 2.05) is 18.2 Å². The van der Waals surface area contributed by atoms with Crippen LogP contribution >= 0.6 is 0 Å². The molecule has 1 aliphatic heterocycles. The van der Waals surface area contributed by atoms with E-state index in [4.69, 9.17) is 4.74 Å². The third kappa shape index (κ3) is 5.09. The highest BCUT2D eigenvalue weighted by Crippen LogP contribution is 2.12. The fourth-order valence-electron chi connectivity index (χ4n) is 2.79. The molecule has 7 heteroatoms. The minimum Gasteiger partial charge on any atom is -0.374 e. The van der Waals surface area contributed by atoms with Crippen molar-refractivity contribution in [3.8, 4) is 0 Å². The average Bonchev–Trinajstić information content (AvgIpc) is 2.62. The number of rotatable bonds is 6. The molecule has 0 aliphatic carbocycles. The van der Waals surface area contributed by atoms with E-state index in [1.165, 1.54) is 17.7 Å². The summed E-state index contributed by atoms with van der Waals surface area (Å²) in [5.41, 5.74) is 1.22. The van der Waals surface area contributed by atoms with Gasteiger partial charge in [0, 0.05) is 26.2 Å². The van der Waals surface area contributed by atoms with Crippen LogP contribution < -0.4 is 4.72 Å². The second-order valence-corrected chi connectivity index (χ2v) is 7.79. The molecular weight excluding hydrogens is 343 g/mol. The first-order chi connectivity index (χ1) is 12.0. The Morgan fingerprint density at radius 1 is 1.12 bits per heavy atom. The zero-order valence-electron chi connectivity index (χ0n) is 13.8. The third-order valence-electron chi connectivity index (χ3n) is 4.10. The van der Waals surface area contributed by atoms with Gasteiger partial charge in [-0.3, -0.25) is 4.90 Å². The van der Waals surface area contributed by atoms with Gasteiger partial charge in [-0.2, -0.15) is 0 Å².